The molecule has 3 heteroatoms. The number of hydrogen-bond donors (Lipinski definition) is 0. The fraction of sp³-hybridized carbons (Fsp3) is 0.500. The van der Waals surface area contributed by atoms with Crippen molar-refractivity contribution in [2.24, 2.45) is 23.2 Å². The van der Waals surface area contributed by atoms with Gasteiger partial charge in [-0.25, -0.2) is 0 Å². The quantitative estimate of drug-likeness (QED) is 0.386. The molecular weight excluding hydrogens is 384 g/mol. The first-order chi connectivity index (χ1) is 14.8. The van der Waals surface area contributed by atoms with Gasteiger partial charge in [-0.3, -0.25) is 9.59 Å². The van der Waals surface area contributed by atoms with E-state index in [4.69, 9.17) is 4.74 Å². The second kappa shape index (κ2) is 10.3. The van der Waals surface area contributed by atoms with E-state index in [0.29, 0.717) is 30.6 Å². The lowest BCUT2D eigenvalue weighted by atomic mass is 9.72. The lowest BCUT2D eigenvalue weighted by Crippen LogP contribution is -2.47. The van der Waals surface area contributed by atoms with Crippen LogP contribution in [0.3, 0.4) is 0 Å². The highest BCUT2D eigenvalue weighted by molar-refractivity contribution is 6.03. The van der Waals surface area contributed by atoms with Crippen LogP contribution in [0.2, 0.25) is 0 Å². The van der Waals surface area contributed by atoms with E-state index in [0.717, 1.165) is 24.0 Å². The van der Waals surface area contributed by atoms with E-state index in [9.17, 15) is 9.59 Å². The predicted octanol–water partition coefficient (Wildman–Crippen LogP) is 6.05. The second-order valence-electron chi connectivity index (χ2n) is 9.73. The monoisotopic (exact) mass is 420 g/mol. The Labute approximate surface area is 187 Å². The van der Waals surface area contributed by atoms with Crippen LogP contribution in [0.4, 0.5) is 0 Å². The first-order valence-electron chi connectivity index (χ1n) is 11.6. The lowest BCUT2D eigenvalue weighted by Gasteiger charge is -2.39. The van der Waals surface area contributed by atoms with Crippen LogP contribution in [0.1, 0.15) is 58.1 Å². The van der Waals surface area contributed by atoms with Gasteiger partial charge in [-0.15, -0.1) is 0 Å². The minimum atomic E-state index is -1.22. The van der Waals surface area contributed by atoms with E-state index in [1.54, 1.807) is 0 Å². The van der Waals surface area contributed by atoms with Crippen LogP contribution in [0.5, 0.6) is 0 Å². The molecule has 0 amide bonds. The minimum absolute atomic E-state index is 0.124. The molecule has 31 heavy (non-hydrogen) atoms. The van der Waals surface area contributed by atoms with Crippen molar-refractivity contribution in [1.82, 2.24) is 0 Å². The van der Waals surface area contributed by atoms with Gasteiger partial charge in [0.25, 0.3) is 0 Å². The molecule has 1 saturated carbocycles. The average molecular weight is 421 g/mol. The third-order valence-corrected chi connectivity index (χ3v) is 6.98. The molecule has 1 aliphatic rings. The van der Waals surface area contributed by atoms with E-state index in [1.165, 1.54) is 13.3 Å². The molecule has 0 aliphatic heterocycles. The Balaban J connectivity index is 1.95. The molecule has 1 fully saturated rings. The van der Waals surface area contributed by atoms with E-state index in [1.807, 2.05) is 60.7 Å². The predicted molar refractivity (Wildman–Crippen MR) is 125 cm³/mol. The number of benzene rings is 2. The van der Waals surface area contributed by atoms with Gasteiger partial charge < -0.3 is 4.74 Å². The number of ether oxygens (including phenoxy) is 1. The Bertz CT molecular complexity index is 815. The molecule has 166 valence electrons. The third-order valence-electron chi connectivity index (χ3n) is 6.98. The summed E-state index contributed by atoms with van der Waals surface area (Å²) in [5, 5.41) is 0. The molecule has 3 atom stereocenters. The van der Waals surface area contributed by atoms with Gasteiger partial charge in [0.05, 0.1) is 0 Å². The minimum Gasteiger partial charge on any atom is -0.461 e. The van der Waals surface area contributed by atoms with Crippen molar-refractivity contribution in [2.45, 2.75) is 65.9 Å². The Morgan fingerprint density at radius 2 is 1.45 bits per heavy atom. The van der Waals surface area contributed by atoms with Crippen LogP contribution in [0.15, 0.2) is 60.7 Å². The standard InChI is InChI=1S/C28H36O3/c1-20(2)25-16-15-21(3)17-26(25)31-27(30)28(22(4)29,18-23-11-7-5-8-12-23)19-24-13-9-6-10-14-24/h5-14,20-21,25-26H,15-19H2,1-4H3/t21-,25-,26-/m1/s1. The zero-order valence-corrected chi connectivity index (χ0v) is 19.3. The molecule has 0 heterocycles. The van der Waals surface area contributed by atoms with Crippen LogP contribution in [0, 0.1) is 23.2 Å². The fourth-order valence-electron chi connectivity index (χ4n) is 4.99. The number of carbonyl (C=O) groups excluding carboxylic acids is 2. The van der Waals surface area contributed by atoms with Gasteiger partial charge in [0.1, 0.15) is 17.3 Å². The molecule has 0 radical (unpaired) electrons. The zero-order valence-electron chi connectivity index (χ0n) is 19.3. The van der Waals surface area contributed by atoms with Gasteiger partial charge in [-0.2, -0.15) is 0 Å². The molecule has 0 bridgehead atoms. The van der Waals surface area contributed by atoms with Gasteiger partial charge in [0.15, 0.2) is 0 Å². The van der Waals surface area contributed by atoms with Crippen molar-refractivity contribution in [3.63, 3.8) is 0 Å². The van der Waals surface area contributed by atoms with Gasteiger partial charge in [-0.1, -0.05) is 87.9 Å². The molecule has 3 nitrogen and oxygen atoms in total. The Kier molecular flexibility index (Phi) is 7.69. The lowest BCUT2D eigenvalue weighted by molar-refractivity contribution is -0.171. The number of carbonyl (C=O) groups is 2. The molecule has 2 aromatic rings. The highest BCUT2D eigenvalue weighted by Crippen LogP contribution is 2.38. The van der Waals surface area contributed by atoms with Crippen LogP contribution in [0.25, 0.3) is 0 Å². The average Bonchev–Trinajstić information content (AvgIpc) is 2.74. The van der Waals surface area contributed by atoms with Crippen LogP contribution in [-0.4, -0.2) is 17.9 Å². The van der Waals surface area contributed by atoms with E-state index < -0.39 is 5.41 Å². The smallest absolute Gasteiger partial charge is 0.320 e. The number of hydrogen-bond acceptors (Lipinski definition) is 3. The molecule has 0 saturated heterocycles. The summed E-state index contributed by atoms with van der Waals surface area (Å²) in [6.45, 7) is 8.17. The van der Waals surface area contributed by atoms with Gasteiger partial charge >= 0.3 is 5.97 Å². The molecule has 0 unspecified atom stereocenters. The summed E-state index contributed by atoms with van der Waals surface area (Å²) in [6, 6.07) is 19.6. The van der Waals surface area contributed by atoms with Crippen LogP contribution in [-0.2, 0) is 27.2 Å². The summed E-state index contributed by atoms with van der Waals surface area (Å²) in [4.78, 5) is 27.0. The fourth-order valence-corrected chi connectivity index (χ4v) is 4.99. The maximum Gasteiger partial charge on any atom is 0.320 e. The number of Topliss-reactive ketones (excluding diaryl/α,β-unsaturated/α-hetero) is 1. The van der Waals surface area contributed by atoms with Gasteiger partial charge in [0, 0.05) is 0 Å². The molecule has 2 aromatic carbocycles. The summed E-state index contributed by atoms with van der Waals surface area (Å²) in [6.07, 6.45) is 3.70. The summed E-state index contributed by atoms with van der Waals surface area (Å²) in [5.74, 6) is 0.828. The Hall–Kier alpha value is -2.42. The maximum atomic E-state index is 13.8. The largest absolute Gasteiger partial charge is 0.461 e. The number of esters is 1. The molecule has 0 aromatic heterocycles. The van der Waals surface area contributed by atoms with Gasteiger partial charge in [0.2, 0.25) is 0 Å². The summed E-state index contributed by atoms with van der Waals surface area (Å²) < 4.78 is 6.25. The van der Waals surface area contributed by atoms with Crippen LogP contribution < -0.4 is 0 Å². The molecular formula is C28H36O3. The summed E-state index contributed by atoms with van der Waals surface area (Å²) in [7, 11) is 0. The number of rotatable bonds is 8. The highest BCUT2D eigenvalue weighted by atomic mass is 16.5. The van der Waals surface area contributed by atoms with E-state index >= 15 is 0 Å². The molecule has 0 N–H and O–H groups in total. The highest BCUT2D eigenvalue weighted by Gasteiger charge is 2.47. The SMILES string of the molecule is CC(=O)C(Cc1ccccc1)(Cc1ccccc1)C(=O)O[C@@H]1C[C@H](C)CC[C@@H]1C(C)C. The van der Waals surface area contributed by atoms with E-state index in [-0.39, 0.29) is 17.9 Å². The van der Waals surface area contributed by atoms with Crippen molar-refractivity contribution in [2.75, 3.05) is 0 Å². The second-order valence-corrected chi connectivity index (χ2v) is 9.73. The van der Waals surface area contributed by atoms with Crippen molar-refractivity contribution in [3.8, 4) is 0 Å². The van der Waals surface area contributed by atoms with Gasteiger partial charge in [-0.05, 0) is 61.5 Å². The summed E-state index contributed by atoms with van der Waals surface area (Å²) in [5.41, 5.74) is 0.733. The van der Waals surface area contributed by atoms with Crippen molar-refractivity contribution < 1.29 is 14.3 Å². The van der Waals surface area contributed by atoms with Crippen molar-refractivity contribution in [3.05, 3.63) is 71.8 Å². The Morgan fingerprint density at radius 1 is 0.935 bits per heavy atom. The van der Waals surface area contributed by atoms with Crippen LogP contribution >= 0.6 is 0 Å². The molecule has 1 aliphatic carbocycles. The molecule has 3 rings (SSSR count). The number of ketones is 1. The summed E-state index contributed by atoms with van der Waals surface area (Å²) >= 11 is 0. The van der Waals surface area contributed by atoms with Crippen molar-refractivity contribution in [1.29, 1.82) is 0 Å². The topological polar surface area (TPSA) is 43.4 Å². The normalized spacial score (nSPS) is 21.6. The van der Waals surface area contributed by atoms with E-state index in [2.05, 4.69) is 20.8 Å². The third kappa shape index (κ3) is 5.64. The van der Waals surface area contributed by atoms with Crippen molar-refractivity contribution >= 4 is 11.8 Å². The first-order valence-corrected chi connectivity index (χ1v) is 11.6. The Morgan fingerprint density at radius 3 is 1.90 bits per heavy atom. The zero-order chi connectivity index (χ0) is 22.4. The molecule has 0 spiro atoms. The maximum absolute atomic E-state index is 13.8. The first kappa shape index (κ1) is 23.2.